The van der Waals surface area contributed by atoms with Gasteiger partial charge in [-0.2, -0.15) is 0 Å². The van der Waals surface area contributed by atoms with Gasteiger partial charge in [-0.25, -0.2) is 0 Å². The standard InChI is InChI=1S/C24H28N4O4/c1-32-20-9-7-18(8-10-20)24(31)28-12-11-25-23(30)21(28)17-22(29)27-15-13-26(14-16-27)19-5-3-2-4-6-19/h2-10,21H,11-17H2,1H3,(H,25,30)/t21-/m0/s1. The fourth-order valence-electron chi connectivity index (χ4n) is 4.21. The number of para-hydroxylation sites is 1. The molecule has 0 radical (unpaired) electrons. The number of hydrogen-bond donors (Lipinski definition) is 1. The van der Waals surface area contributed by atoms with Gasteiger partial charge in [0.05, 0.1) is 13.5 Å². The lowest BCUT2D eigenvalue weighted by Gasteiger charge is -2.39. The number of anilines is 1. The molecule has 32 heavy (non-hydrogen) atoms. The molecule has 2 aromatic carbocycles. The van der Waals surface area contributed by atoms with Crippen molar-refractivity contribution in [2.45, 2.75) is 12.5 Å². The summed E-state index contributed by atoms with van der Waals surface area (Å²) in [6.07, 6.45) is -0.0148. The van der Waals surface area contributed by atoms with Crippen LogP contribution in [0.2, 0.25) is 0 Å². The first kappa shape index (κ1) is 21.7. The number of ether oxygens (including phenoxy) is 1. The molecule has 2 aliphatic heterocycles. The molecule has 2 aromatic rings. The van der Waals surface area contributed by atoms with Crippen LogP contribution in [-0.2, 0) is 9.59 Å². The quantitative estimate of drug-likeness (QED) is 0.766. The minimum atomic E-state index is -0.807. The van der Waals surface area contributed by atoms with Gasteiger partial charge in [0.15, 0.2) is 0 Å². The number of benzene rings is 2. The fraction of sp³-hybridized carbons (Fsp3) is 0.375. The molecular weight excluding hydrogens is 408 g/mol. The van der Waals surface area contributed by atoms with Gasteiger partial charge in [-0.15, -0.1) is 0 Å². The SMILES string of the molecule is COc1ccc(C(=O)N2CCNC(=O)[C@@H]2CC(=O)N2CCN(c3ccccc3)CC2)cc1. The number of amides is 3. The average Bonchev–Trinajstić information content (AvgIpc) is 2.85. The highest BCUT2D eigenvalue weighted by atomic mass is 16.5. The lowest BCUT2D eigenvalue weighted by Crippen LogP contribution is -2.59. The Bertz CT molecular complexity index is 956. The van der Waals surface area contributed by atoms with E-state index < -0.39 is 6.04 Å². The van der Waals surface area contributed by atoms with Gasteiger partial charge in [0.1, 0.15) is 11.8 Å². The van der Waals surface area contributed by atoms with Crippen molar-refractivity contribution in [3.63, 3.8) is 0 Å². The van der Waals surface area contributed by atoms with E-state index in [0.29, 0.717) is 37.5 Å². The predicted octanol–water partition coefficient (Wildman–Crippen LogP) is 1.37. The Kier molecular flexibility index (Phi) is 6.58. The smallest absolute Gasteiger partial charge is 0.254 e. The normalized spacial score (nSPS) is 18.8. The van der Waals surface area contributed by atoms with Gasteiger partial charge in [-0.3, -0.25) is 14.4 Å². The maximum Gasteiger partial charge on any atom is 0.254 e. The highest BCUT2D eigenvalue weighted by Gasteiger charge is 2.36. The molecule has 2 aliphatic rings. The van der Waals surface area contributed by atoms with Crippen LogP contribution in [0, 0.1) is 0 Å². The summed E-state index contributed by atoms with van der Waals surface area (Å²) in [5, 5.41) is 2.79. The molecular formula is C24H28N4O4. The molecule has 0 aliphatic carbocycles. The Morgan fingerprint density at radius 3 is 2.31 bits per heavy atom. The zero-order chi connectivity index (χ0) is 22.5. The van der Waals surface area contributed by atoms with Crippen molar-refractivity contribution in [3.05, 3.63) is 60.2 Å². The summed E-state index contributed by atoms with van der Waals surface area (Å²) in [6, 6.07) is 16.1. The van der Waals surface area contributed by atoms with E-state index in [-0.39, 0.29) is 24.1 Å². The van der Waals surface area contributed by atoms with Crippen molar-refractivity contribution >= 4 is 23.4 Å². The third-order valence-electron chi connectivity index (χ3n) is 6.05. The Balaban J connectivity index is 1.40. The van der Waals surface area contributed by atoms with E-state index in [1.807, 2.05) is 18.2 Å². The van der Waals surface area contributed by atoms with Crippen LogP contribution >= 0.6 is 0 Å². The third kappa shape index (κ3) is 4.69. The summed E-state index contributed by atoms with van der Waals surface area (Å²) in [6.45, 7) is 3.41. The maximum absolute atomic E-state index is 13.1. The second kappa shape index (κ2) is 9.72. The number of carbonyl (C=O) groups excluding carboxylic acids is 3. The van der Waals surface area contributed by atoms with E-state index in [9.17, 15) is 14.4 Å². The minimum absolute atomic E-state index is 0.0148. The first-order valence-electron chi connectivity index (χ1n) is 10.9. The van der Waals surface area contributed by atoms with Gasteiger partial charge >= 0.3 is 0 Å². The van der Waals surface area contributed by atoms with Gasteiger partial charge in [0.2, 0.25) is 11.8 Å². The largest absolute Gasteiger partial charge is 0.497 e. The molecule has 2 saturated heterocycles. The Hall–Kier alpha value is -3.55. The van der Waals surface area contributed by atoms with Crippen molar-refractivity contribution in [1.29, 1.82) is 0 Å². The summed E-state index contributed by atoms with van der Waals surface area (Å²) >= 11 is 0. The van der Waals surface area contributed by atoms with Gasteiger partial charge in [0.25, 0.3) is 5.91 Å². The molecule has 0 unspecified atom stereocenters. The second-order valence-electron chi connectivity index (χ2n) is 7.94. The highest BCUT2D eigenvalue weighted by Crippen LogP contribution is 2.20. The Morgan fingerprint density at radius 2 is 1.66 bits per heavy atom. The minimum Gasteiger partial charge on any atom is -0.497 e. The predicted molar refractivity (Wildman–Crippen MR) is 121 cm³/mol. The fourth-order valence-corrected chi connectivity index (χ4v) is 4.21. The van der Waals surface area contributed by atoms with E-state index in [4.69, 9.17) is 4.74 Å². The zero-order valence-electron chi connectivity index (χ0n) is 18.2. The number of methoxy groups -OCH3 is 1. The molecule has 0 spiro atoms. The van der Waals surface area contributed by atoms with Crippen LogP contribution in [0.1, 0.15) is 16.8 Å². The van der Waals surface area contributed by atoms with Crippen molar-refractivity contribution in [2.24, 2.45) is 0 Å². The molecule has 2 heterocycles. The number of rotatable bonds is 5. The van der Waals surface area contributed by atoms with Gasteiger partial charge < -0.3 is 24.8 Å². The van der Waals surface area contributed by atoms with Crippen LogP contribution in [0.25, 0.3) is 0 Å². The summed E-state index contributed by atoms with van der Waals surface area (Å²) in [4.78, 5) is 44.2. The molecule has 168 valence electrons. The van der Waals surface area contributed by atoms with Crippen LogP contribution in [0.4, 0.5) is 5.69 Å². The topological polar surface area (TPSA) is 82.2 Å². The Morgan fingerprint density at radius 1 is 0.969 bits per heavy atom. The van der Waals surface area contributed by atoms with Crippen LogP contribution in [0.15, 0.2) is 54.6 Å². The van der Waals surface area contributed by atoms with Crippen LogP contribution in [-0.4, -0.2) is 79.9 Å². The zero-order valence-corrected chi connectivity index (χ0v) is 18.2. The lowest BCUT2D eigenvalue weighted by atomic mass is 10.0. The van der Waals surface area contributed by atoms with Gasteiger partial charge in [-0.1, -0.05) is 18.2 Å². The summed E-state index contributed by atoms with van der Waals surface area (Å²) < 4.78 is 5.15. The number of carbonyl (C=O) groups is 3. The Labute approximate surface area is 187 Å². The number of hydrogen-bond acceptors (Lipinski definition) is 5. The van der Waals surface area contributed by atoms with Gasteiger partial charge in [0, 0.05) is 50.5 Å². The molecule has 0 saturated carbocycles. The van der Waals surface area contributed by atoms with Crippen molar-refractivity contribution in [3.8, 4) is 5.75 Å². The molecule has 1 N–H and O–H groups in total. The van der Waals surface area contributed by atoms with Gasteiger partial charge in [-0.05, 0) is 36.4 Å². The first-order chi connectivity index (χ1) is 15.6. The first-order valence-corrected chi connectivity index (χ1v) is 10.9. The summed E-state index contributed by atoms with van der Waals surface area (Å²) in [7, 11) is 1.56. The molecule has 8 nitrogen and oxygen atoms in total. The number of nitrogens with zero attached hydrogens (tertiary/aromatic N) is 3. The summed E-state index contributed by atoms with van der Waals surface area (Å²) in [5.74, 6) is 0.00943. The van der Waals surface area contributed by atoms with E-state index in [2.05, 4.69) is 22.3 Å². The molecule has 8 heteroatoms. The molecule has 1 atom stereocenters. The van der Waals surface area contributed by atoms with E-state index in [0.717, 1.165) is 18.8 Å². The maximum atomic E-state index is 13.1. The van der Waals surface area contributed by atoms with Crippen LogP contribution in [0.5, 0.6) is 5.75 Å². The average molecular weight is 437 g/mol. The van der Waals surface area contributed by atoms with E-state index >= 15 is 0 Å². The van der Waals surface area contributed by atoms with Crippen molar-refractivity contribution in [1.82, 2.24) is 15.1 Å². The highest BCUT2D eigenvalue weighted by molar-refractivity contribution is 5.99. The number of nitrogens with one attached hydrogen (secondary N) is 1. The van der Waals surface area contributed by atoms with Crippen molar-refractivity contribution in [2.75, 3.05) is 51.3 Å². The molecule has 2 fully saturated rings. The van der Waals surface area contributed by atoms with E-state index in [1.54, 1.807) is 36.3 Å². The third-order valence-corrected chi connectivity index (χ3v) is 6.05. The molecule has 4 rings (SSSR count). The molecule has 0 aromatic heterocycles. The van der Waals surface area contributed by atoms with Crippen LogP contribution < -0.4 is 15.0 Å². The molecule has 3 amide bonds. The molecule has 0 bridgehead atoms. The summed E-state index contributed by atoms with van der Waals surface area (Å²) in [5.41, 5.74) is 1.61. The second-order valence-corrected chi connectivity index (χ2v) is 7.94. The number of piperazine rings is 2. The lowest BCUT2D eigenvalue weighted by molar-refractivity contribution is -0.138. The monoisotopic (exact) mass is 436 g/mol. The van der Waals surface area contributed by atoms with Crippen LogP contribution in [0.3, 0.4) is 0 Å². The van der Waals surface area contributed by atoms with E-state index in [1.165, 1.54) is 4.90 Å². The van der Waals surface area contributed by atoms with Crippen molar-refractivity contribution < 1.29 is 19.1 Å².